The largest absolute Gasteiger partial charge is 0.313 e. The van der Waals surface area contributed by atoms with Gasteiger partial charge in [-0.15, -0.1) is 0 Å². The minimum absolute atomic E-state index is 0.511. The van der Waals surface area contributed by atoms with E-state index in [0.29, 0.717) is 6.04 Å². The van der Waals surface area contributed by atoms with E-state index in [9.17, 15) is 0 Å². The molecule has 2 aromatic rings. The van der Waals surface area contributed by atoms with Crippen LogP contribution in [-0.4, -0.2) is 7.05 Å². The van der Waals surface area contributed by atoms with Crippen molar-refractivity contribution in [2.24, 2.45) is 5.92 Å². The highest BCUT2D eigenvalue weighted by Gasteiger charge is 2.25. The van der Waals surface area contributed by atoms with Gasteiger partial charge < -0.3 is 5.32 Å². The Morgan fingerprint density at radius 2 is 1.58 bits per heavy atom. The van der Waals surface area contributed by atoms with Crippen LogP contribution in [0.25, 0.3) is 11.1 Å². The van der Waals surface area contributed by atoms with Crippen LogP contribution in [0.15, 0.2) is 54.6 Å². The molecule has 0 aliphatic heterocycles. The van der Waals surface area contributed by atoms with Crippen molar-refractivity contribution in [3.05, 3.63) is 60.2 Å². The molecular weight excluding hydrogens is 230 g/mol. The fourth-order valence-corrected chi connectivity index (χ4v) is 2.65. The molecule has 0 saturated heterocycles. The third-order valence-corrected chi connectivity index (χ3v) is 4.03. The first-order valence-corrected chi connectivity index (χ1v) is 7.19. The van der Waals surface area contributed by atoms with Crippen LogP contribution in [0.1, 0.15) is 30.9 Å². The first-order valence-electron chi connectivity index (χ1n) is 7.19. The summed E-state index contributed by atoms with van der Waals surface area (Å²) in [5, 5.41) is 3.45. The van der Waals surface area contributed by atoms with E-state index in [1.807, 2.05) is 0 Å². The second-order valence-electron chi connectivity index (χ2n) is 5.51. The smallest absolute Gasteiger partial charge is 0.0320 e. The number of hydrogen-bond donors (Lipinski definition) is 1. The van der Waals surface area contributed by atoms with Crippen molar-refractivity contribution in [1.29, 1.82) is 0 Å². The molecule has 1 aliphatic rings. The summed E-state index contributed by atoms with van der Waals surface area (Å²) < 4.78 is 0. The molecule has 0 bridgehead atoms. The Labute approximate surface area is 115 Å². The molecule has 0 radical (unpaired) electrons. The fraction of sp³-hybridized carbons (Fsp3) is 0.333. The monoisotopic (exact) mass is 251 g/mol. The summed E-state index contributed by atoms with van der Waals surface area (Å²) in [7, 11) is 2.07. The lowest BCUT2D eigenvalue weighted by atomic mass is 9.98. The maximum Gasteiger partial charge on any atom is 0.0320 e. The van der Waals surface area contributed by atoms with Crippen LogP contribution in [0, 0.1) is 5.92 Å². The lowest BCUT2D eigenvalue weighted by Crippen LogP contribution is -2.16. The van der Waals surface area contributed by atoms with E-state index in [0.717, 1.165) is 5.92 Å². The Bertz CT molecular complexity index is 511. The molecule has 2 aromatic carbocycles. The maximum absolute atomic E-state index is 3.45. The summed E-state index contributed by atoms with van der Waals surface area (Å²) in [5.41, 5.74) is 4.00. The van der Waals surface area contributed by atoms with E-state index in [1.165, 1.54) is 36.0 Å². The van der Waals surface area contributed by atoms with E-state index >= 15 is 0 Å². The number of rotatable bonds is 5. The van der Waals surface area contributed by atoms with Gasteiger partial charge in [0, 0.05) is 6.04 Å². The van der Waals surface area contributed by atoms with Gasteiger partial charge in [-0.3, -0.25) is 0 Å². The van der Waals surface area contributed by atoms with Crippen molar-refractivity contribution in [2.45, 2.75) is 25.3 Å². The fourth-order valence-electron chi connectivity index (χ4n) is 2.65. The molecule has 1 N–H and O–H groups in total. The van der Waals surface area contributed by atoms with Gasteiger partial charge in [0.25, 0.3) is 0 Å². The number of benzene rings is 2. The zero-order chi connectivity index (χ0) is 13.1. The summed E-state index contributed by atoms with van der Waals surface area (Å²) in [4.78, 5) is 0. The van der Waals surface area contributed by atoms with Crippen molar-refractivity contribution in [3.8, 4) is 11.1 Å². The SMILES string of the molecule is CNC(CC1CC1)c1ccc(-c2ccccc2)cc1. The van der Waals surface area contributed by atoms with E-state index in [-0.39, 0.29) is 0 Å². The molecule has 0 spiro atoms. The van der Waals surface area contributed by atoms with Crippen LogP contribution < -0.4 is 5.32 Å². The number of nitrogens with one attached hydrogen (secondary N) is 1. The molecule has 3 rings (SSSR count). The summed E-state index contributed by atoms with van der Waals surface area (Å²) in [6.45, 7) is 0. The molecule has 0 aromatic heterocycles. The van der Waals surface area contributed by atoms with Gasteiger partial charge in [-0.2, -0.15) is 0 Å². The van der Waals surface area contributed by atoms with Crippen LogP contribution in [0.5, 0.6) is 0 Å². The highest BCUT2D eigenvalue weighted by molar-refractivity contribution is 5.63. The van der Waals surface area contributed by atoms with Gasteiger partial charge in [-0.05, 0) is 36.1 Å². The zero-order valence-electron chi connectivity index (χ0n) is 11.5. The standard InChI is InChI=1S/C18H21N/c1-19-18(13-14-7-8-14)17-11-9-16(10-12-17)15-5-3-2-4-6-15/h2-6,9-12,14,18-19H,7-8,13H2,1H3. The summed E-state index contributed by atoms with van der Waals surface area (Å²) in [6.07, 6.45) is 4.11. The molecular formula is C18H21N. The van der Waals surface area contributed by atoms with Crippen LogP contribution >= 0.6 is 0 Å². The predicted molar refractivity (Wildman–Crippen MR) is 81.0 cm³/mol. The van der Waals surface area contributed by atoms with Gasteiger partial charge in [0.1, 0.15) is 0 Å². The van der Waals surface area contributed by atoms with Gasteiger partial charge in [0.15, 0.2) is 0 Å². The highest BCUT2D eigenvalue weighted by Crippen LogP contribution is 2.37. The second-order valence-corrected chi connectivity index (χ2v) is 5.51. The number of hydrogen-bond acceptors (Lipinski definition) is 1. The van der Waals surface area contributed by atoms with Crippen molar-refractivity contribution < 1.29 is 0 Å². The van der Waals surface area contributed by atoms with Crippen molar-refractivity contribution in [2.75, 3.05) is 7.05 Å². The zero-order valence-corrected chi connectivity index (χ0v) is 11.5. The van der Waals surface area contributed by atoms with Gasteiger partial charge in [-0.1, -0.05) is 67.4 Å². The topological polar surface area (TPSA) is 12.0 Å². The van der Waals surface area contributed by atoms with Gasteiger partial charge >= 0.3 is 0 Å². The molecule has 1 aliphatic carbocycles. The van der Waals surface area contributed by atoms with Gasteiger partial charge in [-0.25, -0.2) is 0 Å². The summed E-state index contributed by atoms with van der Waals surface area (Å²) in [5.74, 6) is 0.950. The summed E-state index contributed by atoms with van der Waals surface area (Å²) >= 11 is 0. The lowest BCUT2D eigenvalue weighted by molar-refractivity contribution is 0.514. The van der Waals surface area contributed by atoms with Crippen LogP contribution in [0.4, 0.5) is 0 Å². The Hall–Kier alpha value is -1.60. The van der Waals surface area contributed by atoms with Crippen LogP contribution in [-0.2, 0) is 0 Å². The molecule has 1 atom stereocenters. The lowest BCUT2D eigenvalue weighted by Gasteiger charge is -2.16. The van der Waals surface area contributed by atoms with Gasteiger partial charge in [0.05, 0.1) is 0 Å². The summed E-state index contributed by atoms with van der Waals surface area (Å²) in [6, 6.07) is 20.1. The Balaban J connectivity index is 1.77. The van der Waals surface area contributed by atoms with Crippen molar-refractivity contribution in [3.63, 3.8) is 0 Å². The first-order chi connectivity index (χ1) is 9.36. The molecule has 0 amide bonds. The average Bonchev–Trinajstić information content (AvgIpc) is 3.30. The highest BCUT2D eigenvalue weighted by atomic mass is 14.9. The average molecular weight is 251 g/mol. The van der Waals surface area contributed by atoms with Gasteiger partial charge in [0.2, 0.25) is 0 Å². The molecule has 98 valence electrons. The molecule has 1 heteroatoms. The Morgan fingerprint density at radius 3 is 2.16 bits per heavy atom. The molecule has 1 unspecified atom stereocenters. The molecule has 0 heterocycles. The first kappa shape index (κ1) is 12.4. The van der Waals surface area contributed by atoms with E-state index in [1.54, 1.807) is 0 Å². The minimum atomic E-state index is 0.511. The van der Waals surface area contributed by atoms with Crippen LogP contribution in [0.2, 0.25) is 0 Å². The maximum atomic E-state index is 3.45. The van der Waals surface area contributed by atoms with Crippen molar-refractivity contribution in [1.82, 2.24) is 5.32 Å². The third kappa shape index (κ3) is 3.05. The molecule has 1 nitrogen and oxygen atoms in total. The quantitative estimate of drug-likeness (QED) is 0.829. The van der Waals surface area contributed by atoms with E-state index < -0.39 is 0 Å². The van der Waals surface area contributed by atoms with Crippen molar-refractivity contribution >= 4 is 0 Å². The van der Waals surface area contributed by atoms with E-state index in [2.05, 4.69) is 67.0 Å². The molecule has 19 heavy (non-hydrogen) atoms. The normalized spacial score (nSPS) is 16.3. The molecule has 1 saturated carbocycles. The Kier molecular flexibility index (Phi) is 3.65. The third-order valence-electron chi connectivity index (χ3n) is 4.03. The molecule has 1 fully saturated rings. The van der Waals surface area contributed by atoms with Crippen LogP contribution in [0.3, 0.4) is 0 Å². The Morgan fingerprint density at radius 1 is 0.947 bits per heavy atom. The minimum Gasteiger partial charge on any atom is -0.313 e. The second kappa shape index (κ2) is 5.58. The predicted octanol–water partition coefficient (Wildman–Crippen LogP) is 4.41. The van der Waals surface area contributed by atoms with E-state index in [4.69, 9.17) is 0 Å².